The summed E-state index contributed by atoms with van der Waals surface area (Å²) in [7, 11) is 0. The molecule has 1 fully saturated rings. The van der Waals surface area contributed by atoms with Crippen molar-refractivity contribution in [3.8, 4) is 0 Å². The molecule has 4 nitrogen and oxygen atoms in total. The lowest BCUT2D eigenvalue weighted by atomic mass is 10.2. The number of rotatable bonds is 3. The highest BCUT2D eigenvalue weighted by Crippen LogP contribution is 2.29. The summed E-state index contributed by atoms with van der Waals surface area (Å²) >= 11 is 0. The van der Waals surface area contributed by atoms with E-state index >= 15 is 0 Å². The zero-order chi connectivity index (χ0) is 9.97. The summed E-state index contributed by atoms with van der Waals surface area (Å²) < 4.78 is 1.97. The van der Waals surface area contributed by atoms with Crippen LogP contribution in [0.5, 0.6) is 0 Å². The minimum Gasteiger partial charge on any atom is -0.369 e. The first kappa shape index (κ1) is 9.24. The predicted molar refractivity (Wildman–Crippen MR) is 52.6 cm³/mol. The van der Waals surface area contributed by atoms with Crippen molar-refractivity contribution in [3.63, 3.8) is 0 Å². The molecule has 0 bridgehead atoms. The summed E-state index contributed by atoms with van der Waals surface area (Å²) in [6, 6.07) is 2.36. The third-order valence-electron chi connectivity index (χ3n) is 2.78. The topological polar surface area (TPSA) is 60.9 Å². The number of hydrogen-bond donors (Lipinski definition) is 1. The molecule has 1 amide bonds. The van der Waals surface area contributed by atoms with E-state index in [0.717, 1.165) is 5.69 Å². The van der Waals surface area contributed by atoms with Crippen LogP contribution in [0.25, 0.3) is 0 Å². The lowest BCUT2D eigenvalue weighted by molar-refractivity contribution is -0.117. The van der Waals surface area contributed by atoms with Crippen molar-refractivity contribution in [2.24, 2.45) is 5.73 Å². The monoisotopic (exact) mass is 193 g/mol. The molecule has 1 aliphatic carbocycles. The van der Waals surface area contributed by atoms with Gasteiger partial charge in [-0.05, 0) is 18.9 Å². The summed E-state index contributed by atoms with van der Waals surface area (Å²) in [5, 5.41) is 4.26. The standard InChI is InChI=1S/C10H15N3O/c11-10(14)7-9-5-6-12-13(9)8-3-1-2-4-8/h5-6,8H,1-4,7H2,(H2,11,14). The lowest BCUT2D eigenvalue weighted by Gasteiger charge is -2.13. The molecule has 76 valence electrons. The molecule has 0 radical (unpaired) electrons. The number of nitrogens with two attached hydrogens (primary N) is 1. The van der Waals surface area contributed by atoms with Gasteiger partial charge in [0.25, 0.3) is 0 Å². The summed E-state index contributed by atoms with van der Waals surface area (Å²) in [5.41, 5.74) is 6.12. The fourth-order valence-corrected chi connectivity index (χ4v) is 2.14. The quantitative estimate of drug-likeness (QED) is 0.779. The number of carbonyl (C=O) groups is 1. The first-order valence-electron chi connectivity index (χ1n) is 5.08. The van der Waals surface area contributed by atoms with E-state index in [9.17, 15) is 4.79 Å². The van der Waals surface area contributed by atoms with Crippen LogP contribution in [0.3, 0.4) is 0 Å². The van der Waals surface area contributed by atoms with E-state index in [4.69, 9.17) is 5.73 Å². The number of amides is 1. The minimum atomic E-state index is -0.287. The van der Waals surface area contributed by atoms with Gasteiger partial charge in [0.05, 0.1) is 12.5 Å². The SMILES string of the molecule is NC(=O)Cc1ccnn1C1CCCC1. The second kappa shape index (κ2) is 3.82. The van der Waals surface area contributed by atoms with E-state index in [2.05, 4.69) is 5.10 Å². The molecule has 2 rings (SSSR count). The van der Waals surface area contributed by atoms with Gasteiger partial charge in [0.15, 0.2) is 0 Å². The Morgan fingerprint density at radius 2 is 2.29 bits per heavy atom. The summed E-state index contributed by atoms with van der Waals surface area (Å²) in [5.74, 6) is -0.287. The second-order valence-electron chi connectivity index (χ2n) is 3.85. The van der Waals surface area contributed by atoms with Crippen LogP contribution >= 0.6 is 0 Å². The molecule has 14 heavy (non-hydrogen) atoms. The van der Waals surface area contributed by atoms with Crippen LogP contribution in [-0.4, -0.2) is 15.7 Å². The van der Waals surface area contributed by atoms with Crippen molar-refractivity contribution >= 4 is 5.91 Å². The van der Waals surface area contributed by atoms with E-state index in [0.29, 0.717) is 12.5 Å². The molecule has 0 spiro atoms. The molecule has 1 aromatic heterocycles. The van der Waals surface area contributed by atoms with Crippen LogP contribution in [0.4, 0.5) is 0 Å². The van der Waals surface area contributed by atoms with Crippen LogP contribution in [0, 0.1) is 0 Å². The second-order valence-corrected chi connectivity index (χ2v) is 3.85. The Hall–Kier alpha value is -1.32. The molecule has 0 aromatic carbocycles. The average molecular weight is 193 g/mol. The van der Waals surface area contributed by atoms with Gasteiger partial charge >= 0.3 is 0 Å². The van der Waals surface area contributed by atoms with Crippen LogP contribution in [0.1, 0.15) is 37.4 Å². The van der Waals surface area contributed by atoms with Crippen LogP contribution in [-0.2, 0) is 11.2 Å². The molecule has 2 N–H and O–H groups in total. The number of primary amides is 1. The van der Waals surface area contributed by atoms with Gasteiger partial charge in [0.1, 0.15) is 0 Å². The molecule has 0 saturated heterocycles. The van der Waals surface area contributed by atoms with E-state index in [1.807, 2.05) is 10.7 Å². The van der Waals surface area contributed by atoms with Crippen molar-refractivity contribution < 1.29 is 4.79 Å². The van der Waals surface area contributed by atoms with Crippen molar-refractivity contribution in [3.05, 3.63) is 18.0 Å². The smallest absolute Gasteiger partial charge is 0.223 e. The minimum absolute atomic E-state index is 0.287. The molecular weight excluding hydrogens is 178 g/mol. The van der Waals surface area contributed by atoms with Gasteiger partial charge in [-0.2, -0.15) is 5.10 Å². The highest BCUT2D eigenvalue weighted by molar-refractivity contribution is 5.76. The number of carbonyl (C=O) groups excluding carboxylic acids is 1. The summed E-state index contributed by atoms with van der Waals surface area (Å²) in [6.07, 6.45) is 6.93. The van der Waals surface area contributed by atoms with Crippen LogP contribution in [0.15, 0.2) is 12.3 Å². The van der Waals surface area contributed by atoms with Crippen molar-refractivity contribution in [2.45, 2.75) is 38.1 Å². The molecule has 0 unspecified atom stereocenters. The zero-order valence-corrected chi connectivity index (χ0v) is 8.15. The Morgan fingerprint density at radius 1 is 1.57 bits per heavy atom. The third-order valence-corrected chi connectivity index (χ3v) is 2.78. The highest BCUT2D eigenvalue weighted by Gasteiger charge is 2.19. The number of nitrogens with zero attached hydrogens (tertiary/aromatic N) is 2. The summed E-state index contributed by atoms with van der Waals surface area (Å²) in [4.78, 5) is 10.8. The molecule has 4 heteroatoms. The first-order valence-corrected chi connectivity index (χ1v) is 5.08. The fraction of sp³-hybridized carbons (Fsp3) is 0.600. The fourth-order valence-electron chi connectivity index (χ4n) is 2.14. The highest BCUT2D eigenvalue weighted by atomic mass is 16.1. The average Bonchev–Trinajstić information content (AvgIpc) is 2.70. The van der Waals surface area contributed by atoms with Crippen molar-refractivity contribution in [2.75, 3.05) is 0 Å². The van der Waals surface area contributed by atoms with Crippen LogP contribution < -0.4 is 5.73 Å². The molecule has 1 aliphatic rings. The van der Waals surface area contributed by atoms with E-state index < -0.39 is 0 Å². The molecule has 0 aliphatic heterocycles. The Labute approximate surface area is 83.1 Å². The van der Waals surface area contributed by atoms with Gasteiger partial charge in [-0.15, -0.1) is 0 Å². The Balaban J connectivity index is 2.15. The van der Waals surface area contributed by atoms with Crippen molar-refractivity contribution in [1.29, 1.82) is 0 Å². The van der Waals surface area contributed by atoms with Gasteiger partial charge < -0.3 is 5.73 Å². The molecule has 1 saturated carbocycles. The van der Waals surface area contributed by atoms with E-state index in [1.165, 1.54) is 25.7 Å². The van der Waals surface area contributed by atoms with Gasteiger partial charge in [0, 0.05) is 11.9 Å². The predicted octanol–water partition coefficient (Wildman–Crippen LogP) is 1.03. The van der Waals surface area contributed by atoms with E-state index in [-0.39, 0.29) is 5.91 Å². The van der Waals surface area contributed by atoms with Gasteiger partial charge in [-0.1, -0.05) is 12.8 Å². The van der Waals surface area contributed by atoms with Gasteiger partial charge in [-0.25, -0.2) is 0 Å². The van der Waals surface area contributed by atoms with E-state index in [1.54, 1.807) is 6.20 Å². The molecule has 1 aromatic rings. The zero-order valence-electron chi connectivity index (χ0n) is 8.15. The largest absolute Gasteiger partial charge is 0.369 e. The third kappa shape index (κ3) is 1.78. The molecule has 0 atom stereocenters. The summed E-state index contributed by atoms with van der Waals surface area (Å²) in [6.45, 7) is 0. The molecule has 1 heterocycles. The van der Waals surface area contributed by atoms with Gasteiger partial charge in [0.2, 0.25) is 5.91 Å². The lowest BCUT2D eigenvalue weighted by Crippen LogP contribution is -2.18. The maximum atomic E-state index is 10.8. The number of aromatic nitrogens is 2. The Kier molecular flexibility index (Phi) is 2.52. The molecular formula is C10H15N3O. The van der Waals surface area contributed by atoms with Crippen LogP contribution in [0.2, 0.25) is 0 Å². The Bertz CT molecular complexity index is 326. The van der Waals surface area contributed by atoms with Crippen molar-refractivity contribution in [1.82, 2.24) is 9.78 Å². The first-order chi connectivity index (χ1) is 6.77. The number of hydrogen-bond acceptors (Lipinski definition) is 2. The maximum absolute atomic E-state index is 10.8. The maximum Gasteiger partial charge on any atom is 0.223 e. The van der Waals surface area contributed by atoms with Gasteiger partial charge in [-0.3, -0.25) is 9.48 Å². The Morgan fingerprint density at radius 3 is 2.93 bits per heavy atom. The normalized spacial score (nSPS) is 17.4.